The minimum Gasteiger partial charge on any atom is -0.508 e. The van der Waals surface area contributed by atoms with E-state index < -0.39 is 131 Å². The Bertz CT molecular complexity index is 4220. The fraction of sp³-hybridized carbons (Fsp3) is 0.663. The molecule has 3 aliphatic carbocycles. The molecule has 11 rings (SSSR count). The zero-order valence-corrected chi connectivity index (χ0v) is 72.2. The van der Waals surface area contributed by atoms with Crippen molar-refractivity contribution in [2.75, 3.05) is 78.5 Å². The fourth-order valence-corrected chi connectivity index (χ4v) is 19.5. The molecule has 8 fully saturated rings. The predicted octanol–water partition coefficient (Wildman–Crippen LogP) is -0.951. The first-order valence-corrected chi connectivity index (χ1v) is 44.8. The van der Waals surface area contributed by atoms with Crippen LogP contribution >= 0.6 is 0 Å². The summed E-state index contributed by atoms with van der Waals surface area (Å²) < 4.78 is 0. The summed E-state index contributed by atoms with van der Waals surface area (Å²) in [6.45, 7) is 15.9. The van der Waals surface area contributed by atoms with Gasteiger partial charge in [0.25, 0.3) is 0 Å². The van der Waals surface area contributed by atoms with Crippen LogP contribution in [-0.2, 0) is 80.0 Å². The second-order valence-corrected chi connectivity index (χ2v) is 36.9. The van der Waals surface area contributed by atoms with Crippen LogP contribution in [0.5, 0.6) is 5.75 Å². The third-order valence-corrected chi connectivity index (χ3v) is 26.2. The normalized spacial score (nSPS) is 27.2. The van der Waals surface area contributed by atoms with E-state index in [0.717, 1.165) is 22.8 Å². The van der Waals surface area contributed by atoms with E-state index in [-0.39, 0.29) is 185 Å². The summed E-state index contributed by atoms with van der Waals surface area (Å²) in [5, 5.41) is 68.0. The van der Waals surface area contributed by atoms with Crippen LogP contribution in [0, 0.1) is 76.9 Å². The van der Waals surface area contributed by atoms with Crippen molar-refractivity contribution in [3.05, 3.63) is 77.9 Å². The zero-order chi connectivity index (χ0) is 88.1. The van der Waals surface area contributed by atoms with Crippen LogP contribution in [0.2, 0.25) is 0 Å². The lowest BCUT2D eigenvalue weighted by Crippen LogP contribution is -2.54. The van der Waals surface area contributed by atoms with Gasteiger partial charge in [0.05, 0.1) is 89.4 Å². The number of aromatic hydroxyl groups is 1. The molecular formula is C89H133N19O15. The number of benzene rings is 3. The van der Waals surface area contributed by atoms with E-state index in [1.54, 1.807) is 12.1 Å². The Morgan fingerprint density at radius 1 is 0.390 bits per heavy atom. The summed E-state index contributed by atoms with van der Waals surface area (Å²) in [4.78, 5) is 194. The molecule has 5 aliphatic heterocycles. The Hall–Kier alpha value is -9.90. The van der Waals surface area contributed by atoms with Crippen molar-refractivity contribution in [1.82, 2.24) is 95.7 Å². The Labute approximate surface area is 720 Å². The molecule has 21 N–H and O–H groups in total. The first-order valence-electron chi connectivity index (χ1n) is 44.8. The number of hydrogen-bond donors (Lipinski definition) is 20. The van der Waals surface area contributed by atoms with Gasteiger partial charge in [-0.3, -0.25) is 67.1 Å². The Morgan fingerprint density at radius 3 is 1.32 bits per heavy atom. The number of amides is 14. The number of nitrogens with two attached hydrogens (primary N) is 1. The first kappa shape index (κ1) is 93.8. The highest BCUT2D eigenvalue weighted by atomic mass is 16.3. The van der Waals surface area contributed by atoms with Crippen molar-refractivity contribution in [1.29, 1.82) is 0 Å². The topological polar surface area (TPSA) is 502 Å². The first-order chi connectivity index (χ1) is 58.9. The summed E-state index contributed by atoms with van der Waals surface area (Å²) in [5.74, 6) is -11.3. The lowest BCUT2D eigenvalue weighted by Gasteiger charge is -2.28. The predicted molar refractivity (Wildman–Crippen MR) is 460 cm³/mol. The van der Waals surface area contributed by atoms with E-state index in [0.29, 0.717) is 96.0 Å². The van der Waals surface area contributed by atoms with Crippen LogP contribution < -0.4 is 101 Å². The molecule has 5 heterocycles. The van der Waals surface area contributed by atoms with Crippen molar-refractivity contribution >= 4 is 93.5 Å². The molecule has 3 aromatic carbocycles. The van der Waals surface area contributed by atoms with Gasteiger partial charge in [0.15, 0.2) is 0 Å². The Kier molecular flexibility index (Phi) is 34.0. The highest BCUT2D eigenvalue weighted by Gasteiger charge is 2.46. The largest absolute Gasteiger partial charge is 0.508 e. The number of carbonyl (C=O) groups excluding carboxylic acids is 14. The maximum Gasteiger partial charge on any atom is 0.226 e. The molecule has 0 spiro atoms. The second-order valence-electron chi connectivity index (χ2n) is 36.9. The molecule has 5 saturated heterocycles. The molecule has 21 atom stereocenters. The molecule has 8 aliphatic rings. The van der Waals surface area contributed by atoms with Crippen molar-refractivity contribution in [3.63, 3.8) is 0 Å². The van der Waals surface area contributed by atoms with Gasteiger partial charge in [-0.1, -0.05) is 115 Å². The number of rotatable bonds is 40. The second kappa shape index (κ2) is 44.6. The monoisotopic (exact) mass is 1710 g/mol. The van der Waals surface area contributed by atoms with Crippen LogP contribution in [0.15, 0.2) is 66.7 Å². The van der Waals surface area contributed by atoms with Crippen LogP contribution in [0.4, 0.5) is 0 Å². The molecule has 34 heteroatoms. The number of primary amides is 1. The smallest absolute Gasteiger partial charge is 0.226 e. The van der Waals surface area contributed by atoms with Gasteiger partial charge in [-0.25, -0.2) is 0 Å². The minimum absolute atomic E-state index is 0.0252. The van der Waals surface area contributed by atoms with Gasteiger partial charge < -0.3 is 107 Å². The average molecular weight is 1710 g/mol. The molecule has 123 heavy (non-hydrogen) atoms. The van der Waals surface area contributed by atoms with Gasteiger partial charge in [0.2, 0.25) is 82.7 Å². The maximum atomic E-state index is 14.8. The molecule has 16 unspecified atom stereocenters. The van der Waals surface area contributed by atoms with Crippen molar-refractivity contribution in [3.8, 4) is 5.75 Å². The molecule has 0 aromatic heterocycles. The van der Waals surface area contributed by atoms with E-state index in [2.05, 4.69) is 95.7 Å². The minimum atomic E-state index is -0.865. The van der Waals surface area contributed by atoms with Gasteiger partial charge in [-0.15, -0.1) is 0 Å². The lowest BCUT2D eigenvalue weighted by atomic mass is 9.93. The third-order valence-electron chi connectivity index (χ3n) is 26.2. The summed E-state index contributed by atoms with van der Waals surface area (Å²) in [6, 6.07) is 13.9. The van der Waals surface area contributed by atoms with Gasteiger partial charge in [-0.05, 0) is 116 Å². The van der Waals surface area contributed by atoms with Crippen molar-refractivity contribution in [2.45, 2.75) is 218 Å². The van der Waals surface area contributed by atoms with Crippen LogP contribution in [-0.4, -0.2) is 233 Å². The van der Waals surface area contributed by atoms with E-state index in [1.165, 1.54) is 19.1 Å². The molecule has 0 bridgehead atoms. The zero-order valence-electron chi connectivity index (χ0n) is 72.2. The number of phenols is 1. The molecule has 3 aromatic rings. The SMILES string of the molecule is CC(=O)NC1CCCC1C(=O)N[C@H](CC(=O)NC1CCCC1C(=O)NC[C@H](CC(C)C)C(=O)NC1CNCC1C(=O)NC1CNCC1C(=O)N[C@H](CC(=O)NC1CCCC1C(=O)NC[C@H](Cc1ccc(O)cc1)C(=O)NC1CNCC1C(=O)NC1CNCC1C(=O)N[C@H](CC(=O)NC1CNCC1C(N)=O)C(C)C)Cc1cccc2ccccc12)CC(C)C. The number of fused-ring (bicyclic) bond motifs is 1. The summed E-state index contributed by atoms with van der Waals surface area (Å²) in [5.41, 5.74) is 7.15. The molecule has 0 radical (unpaired) electrons. The van der Waals surface area contributed by atoms with Crippen LogP contribution in [0.3, 0.4) is 0 Å². The lowest BCUT2D eigenvalue weighted by molar-refractivity contribution is -0.132. The number of hydrogen-bond acceptors (Lipinski definition) is 20. The number of phenolic OH excluding ortho intramolecular Hbond substituents is 1. The third kappa shape index (κ3) is 26.3. The summed E-state index contributed by atoms with van der Waals surface area (Å²) in [6.07, 6.45) is 6.75. The quantitative estimate of drug-likeness (QED) is 0.0326. The molecule has 14 amide bonds. The molecular weight excluding hydrogens is 1580 g/mol. The van der Waals surface area contributed by atoms with E-state index in [9.17, 15) is 72.2 Å². The van der Waals surface area contributed by atoms with Crippen LogP contribution in [0.25, 0.3) is 10.8 Å². The van der Waals surface area contributed by atoms with E-state index in [1.807, 2.05) is 84.0 Å². The maximum absolute atomic E-state index is 14.8. The standard InChI is InChI=1S/C89H133N19O15/c1-47(2)28-54(35-96-83(117)60-18-11-22-69(60)101-77(111)32-56(29-48(3)4)99-85(119)62-20-13-21-68(62)98-50(7)109)81(115)105-73-43-93-39-65(73)88(122)107-75-45-92-38-64(75)86(120)100-57(31-53-16-10-15-52-14-8-9-17-59(52)53)33-78(112)102-70-23-12-19-61(70)84(118)97-36-55(30-51-24-26-58(110)27-25-51)82(116)106-74-44-94-40-66(74)89(123)108-76-46-95-41-67(76)87(121)104-71(49(5)6)34-79(113)103-72-42-91-37-63(72)80(90)114/h8-10,14-17,24-27,47-49,54-57,60-76,91-95,110H,11-13,18-23,28-46H2,1-7H3,(H2,90,114)(H,96,117)(H,97,118)(H,98,109)(H,99,119)(H,100,120)(H,101,111)(H,102,112)(H,103,113)(H,104,121)(H,105,115)(H,106,116)(H,107,122)(H,108,123)/t54-,55-,56-,57-,60?,61?,62?,63?,64?,65?,66?,67?,68?,69?,70?,71+,72?,73?,74?,75?,76?/m0/s1. The highest BCUT2D eigenvalue weighted by molar-refractivity contribution is 5.91. The summed E-state index contributed by atoms with van der Waals surface area (Å²) >= 11 is 0. The molecule has 34 nitrogen and oxygen atoms in total. The fourth-order valence-electron chi connectivity index (χ4n) is 19.5. The van der Waals surface area contributed by atoms with Gasteiger partial charge >= 0.3 is 0 Å². The van der Waals surface area contributed by atoms with Crippen LogP contribution in [0.1, 0.15) is 149 Å². The Morgan fingerprint density at radius 2 is 0.805 bits per heavy atom. The number of carbonyl (C=O) groups is 14. The van der Waals surface area contributed by atoms with E-state index >= 15 is 0 Å². The van der Waals surface area contributed by atoms with Gasteiger partial charge in [0, 0.05) is 141 Å². The van der Waals surface area contributed by atoms with Gasteiger partial charge in [0.1, 0.15) is 5.75 Å². The van der Waals surface area contributed by atoms with Crippen molar-refractivity contribution in [2.24, 2.45) is 82.7 Å². The van der Waals surface area contributed by atoms with Crippen molar-refractivity contribution < 1.29 is 72.2 Å². The Balaban J connectivity index is 0.670. The number of nitrogens with one attached hydrogen (secondary N) is 18. The molecule has 674 valence electrons. The molecule has 3 saturated carbocycles. The highest BCUT2D eigenvalue weighted by Crippen LogP contribution is 2.32. The summed E-state index contributed by atoms with van der Waals surface area (Å²) in [7, 11) is 0. The van der Waals surface area contributed by atoms with E-state index in [4.69, 9.17) is 5.73 Å². The average Bonchev–Trinajstić information content (AvgIpc) is 1.74. The van der Waals surface area contributed by atoms with Gasteiger partial charge in [-0.2, -0.15) is 0 Å².